The number of β-lactam (4-membered cyclic amide) rings is 1. The van der Waals surface area contributed by atoms with Gasteiger partial charge in [-0.05, 0) is 65.6 Å². The number of amides is 2. The molecule has 0 radical (unpaired) electrons. The number of anilines is 1. The van der Waals surface area contributed by atoms with Crippen LogP contribution in [0.25, 0.3) is 0 Å². The van der Waals surface area contributed by atoms with E-state index in [1.54, 1.807) is 60.4 Å². The van der Waals surface area contributed by atoms with Gasteiger partial charge in [0.05, 0.1) is 22.6 Å². The first kappa shape index (κ1) is 25.6. The third-order valence-electron chi connectivity index (χ3n) is 6.59. The Morgan fingerprint density at radius 1 is 0.972 bits per heavy atom. The highest BCUT2D eigenvalue weighted by molar-refractivity contribution is 7.91. The van der Waals surface area contributed by atoms with Gasteiger partial charge in [-0.25, -0.2) is 12.8 Å². The zero-order valence-electron chi connectivity index (χ0n) is 20.4. The third kappa shape index (κ3) is 5.04. The standard InChI is InChI=1S/C28H29FN2O4S/c1-4-36(34,35)24-15-5-19(6-16-24)17-30-27(32)21-9-7-20(8-10-21)26-25(18(2)3)28(33)31(26)23-13-11-22(29)12-14-23/h5-16,18,25-26H,4,17H2,1-3H3,(H,30,32). The number of nitrogens with one attached hydrogen (secondary N) is 1. The molecule has 4 rings (SSSR count). The summed E-state index contributed by atoms with van der Waals surface area (Å²) in [5.74, 6) is -0.655. The summed E-state index contributed by atoms with van der Waals surface area (Å²) in [5.41, 5.74) is 2.81. The molecule has 8 heteroatoms. The van der Waals surface area contributed by atoms with E-state index in [0.29, 0.717) is 11.3 Å². The highest BCUT2D eigenvalue weighted by Crippen LogP contribution is 2.46. The molecule has 2 amide bonds. The highest BCUT2D eigenvalue weighted by atomic mass is 32.2. The van der Waals surface area contributed by atoms with Crippen LogP contribution in [0.4, 0.5) is 10.1 Å². The minimum Gasteiger partial charge on any atom is -0.348 e. The summed E-state index contributed by atoms with van der Waals surface area (Å²) in [7, 11) is -3.26. The average molecular weight is 509 g/mol. The largest absolute Gasteiger partial charge is 0.348 e. The second kappa shape index (κ2) is 10.2. The lowest BCUT2D eigenvalue weighted by Gasteiger charge is -2.49. The molecular formula is C28H29FN2O4S. The van der Waals surface area contributed by atoms with Crippen LogP contribution >= 0.6 is 0 Å². The van der Waals surface area contributed by atoms with Crippen LogP contribution in [0.2, 0.25) is 0 Å². The molecule has 1 heterocycles. The van der Waals surface area contributed by atoms with Gasteiger partial charge in [0, 0.05) is 17.8 Å². The zero-order valence-corrected chi connectivity index (χ0v) is 21.3. The van der Waals surface area contributed by atoms with Crippen molar-refractivity contribution < 1.29 is 22.4 Å². The number of hydrogen-bond acceptors (Lipinski definition) is 4. The molecule has 3 aromatic rings. The van der Waals surface area contributed by atoms with Crippen LogP contribution in [0.3, 0.4) is 0 Å². The summed E-state index contributed by atoms with van der Waals surface area (Å²) in [6.45, 7) is 5.87. The van der Waals surface area contributed by atoms with Gasteiger partial charge in [-0.3, -0.25) is 9.59 Å². The van der Waals surface area contributed by atoms with Crippen molar-refractivity contribution in [2.45, 2.75) is 38.3 Å². The van der Waals surface area contributed by atoms with Crippen LogP contribution in [0.5, 0.6) is 0 Å². The Morgan fingerprint density at radius 2 is 1.58 bits per heavy atom. The maximum absolute atomic E-state index is 13.4. The molecule has 1 aliphatic rings. The number of carbonyl (C=O) groups excluding carboxylic acids is 2. The summed E-state index contributed by atoms with van der Waals surface area (Å²) < 4.78 is 37.3. The van der Waals surface area contributed by atoms with Crippen LogP contribution < -0.4 is 10.2 Å². The van der Waals surface area contributed by atoms with Gasteiger partial charge >= 0.3 is 0 Å². The van der Waals surface area contributed by atoms with Crippen LogP contribution in [-0.4, -0.2) is 26.0 Å². The van der Waals surface area contributed by atoms with Gasteiger partial charge in [0.15, 0.2) is 9.84 Å². The number of halogens is 1. The van der Waals surface area contributed by atoms with Crippen molar-refractivity contribution in [3.8, 4) is 0 Å². The number of sulfone groups is 1. The second-order valence-electron chi connectivity index (χ2n) is 9.25. The van der Waals surface area contributed by atoms with E-state index in [0.717, 1.165) is 11.1 Å². The zero-order chi connectivity index (χ0) is 26.0. The number of carbonyl (C=O) groups is 2. The van der Waals surface area contributed by atoms with Crippen molar-refractivity contribution in [2.24, 2.45) is 11.8 Å². The topological polar surface area (TPSA) is 83.5 Å². The van der Waals surface area contributed by atoms with Crippen molar-refractivity contribution in [1.29, 1.82) is 0 Å². The molecule has 0 saturated carbocycles. The summed E-state index contributed by atoms with van der Waals surface area (Å²) in [5, 5.41) is 2.85. The van der Waals surface area contributed by atoms with Crippen molar-refractivity contribution >= 4 is 27.3 Å². The second-order valence-corrected chi connectivity index (χ2v) is 11.5. The van der Waals surface area contributed by atoms with E-state index < -0.39 is 9.84 Å². The Bertz CT molecular complexity index is 1350. The minimum atomic E-state index is -3.26. The van der Waals surface area contributed by atoms with Gasteiger partial charge in [0.1, 0.15) is 5.82 Å². The molecule has 188 valence electrons. The normalized spacial score (nSPS) is 17.7. The van der Waals surface area contributed by atoms with Gasteiger partial charge in [-0.1, -0.05) is 45.0 Å². The first-order chi connectivity index (χ1) is 17.1. The quantitative estimate of drug-likeness (QED) is 0.438. The first-order valence-corrected chi connectivity index (χ1v) is 13.6. The molecule has 0 aromatic heterocycles. The SMILES string of the molecule is CCS(=O)(=O)c1ccc(CNC(=O)c2ccc(C3C(C(C)C)C(=O)N3c3ccc(F)cc3)cc2)cc1. The maximum atomic E-state index is 13.4. The minimum absolute atomic E-state index is 0.00110. The van der Waals surface area contributed by atoms with E-state index in [9.17, 15) is 22.4 Å². The van der Waals surface area contributed by atoms with Crippen LogP contribution in [0.1, 0.15) is 48.3 Å². The van der Waals surface area contributed by atoms with Crippen molar-refractivity contribution in [2.75, 3.05) is 10.7 Å². The molecule has 36 heavy (non-hydrogen) atoms. The summed E-state index contributed by atoms with van der Waals surface area (Å²) >= 11 is 0. The molecule has 2 atom stereocenters. The monoisotopic (exact) mass is 508 g/mol. The van der Waals surface area contributed by atoms with Crippen molar-refractivity contribution in [3.05, 3.63) is 95.3 Å². The number of hydrogen-bond donors (Lipinski definition) is 1. The Kier molecular flexibility index (Phi) is 7.26. The summed E-state index contributed by atoms with van der Waals surface area (Å²) in [4.78, 5) is 27.5. The number of benzene rings is 3. The molecule has 1 aliphatic heterocycles. The molecule has 0 aliphatic carbocycles. The highest BCUT2D eigenvalue weighted by Gasteiger charge is 2.50. The smallest absolute Gasteiger partial charge is 0.251 e. The Labute approximate surface area is 211 Å². The molecule has 0 spiro atoms. The fraction of sp³-hybridized carbons (Fsp3) is 0.286. The molecule has 2 unspecified atom stereocenters. The van der Waals surface area contributed by atoms with Crippen molar-refractivity contribution in [1.82, 2.24) is 5.32 Å². The lowest BCUT2D eigenvalue weighted by atomic mass is 9.75. The third-order valence-corrected chi connectivity index (χ3v) is 8.34. The Morgan fingerprint density at radius 3 is 2.14 bits per heavy atom. The van der Waals surface area contributed by atoms with Crippen molar-refractivity contribution in [3.63, 3.8) is 0 Å². The van der Waals surface area contributed by atoms with E-state index in [4.69, 9.17) is 0 Å². The van der Waals surface area contributed by atoms with E-state index in [-0.39, 0.29) is 52.7 Å². The maximum Gasteiger partial charge on any atom is 0.251 e. The molecule has 3 aromatic carbocycles. The molecule has 6 nitrogen and oxygen atoms in total. The van der Waals surface area contributed by atoms with E-state index in [1.807, 2.05) is 26.0 Å². The van der Waals surface area contributed by atoms with Gasteiger partial charge in [-0.15, -0.1) is 0 Å². The van der Waals surface area contributed by atoms with E-state index >= 15 is 0 Å². The number of rotatable bonds is 8. The Hall–Kier alpha value is -3.52. The number of nitrogens with zero attached hydrogens (tertiary/aromatic N) is 1. The van der Waals surface area contributed by atoms with E-state index in [1.165, 1.54) is 12.1 Å². The van der Waals surface area contributed by atoms with Crippen LogP contribution in [0.15, 0.2) is 77.7 Å². The predicted octanol–water partition coefficient (Wildman–Crippen LogP) is 4.91. The van der Waals surface area contributed by atoms with Gasteiger partial charge in [0.2, 0.25) is 5.91 Å². The van der Waals surface area contributed by atoms with E-state index in [2.05, 4.69) is 5.32 Å². The summed E-state index contributed by atoms with van der Waals surface area (Å²) in [6.07, 6.45) is 0. The molecule has 1 N–H and O–H groups in total. The molecular weight excluding hydrogens is 479 g/mol. The lowest BCUT2D eigenvalue weighted by Crippen LogP contribution is -2.57. The lowest BCUT2D eigenvalue weighted by molar-refractivity contribution is -0.132. The molecule has 1 saturated heterocycles. The van der Waals surface area contributed by atoms with Gasteiger partial charge in [0.25, 0.3) is 5.91 Å². The fourth-order valence-corrected chi connectivity index (χ4v) is 5.39. The fourth-order valence-electron chi connectivity index (χ4n) is 4.50. The molecule has 0 bridgehead atoms. The molecule has 1 fully saturated rings. The van der Waals surface area contributed by atoms with Gasteiger partial charge < -0.3 is 10.2 Å². The van der Waals surface area contributed by atoms with Crippen LogP contribution in [-0.2, 0) is 21.2 Å². The predicted molar refractivity (Wildman–Crippen MR) is 137 cm³/mol. The van der Waals surface area contributed by atoms with Crippen LogP contribution in [0, 0.1) is 17.7 Å². The Balaban J connectivity index is 1.46. The average Bonchev–Trinajstić information content (AvgIpc) is 2.87. The van der Waals surface area contributed by atoms with Gasteiger partial charge in [-0.2, -0.15) is 0 Å². The first-order valence-electron chi connectivity index (χ1n) is 11.9. The summed E-state index contributed by atoms with van der Waals surface area (Å²) in [6, 6.07) is 19.3.